The normalized spacial score (nSPS) is 8.64. The summed E-state index contributed by atoms with van der Waals surface area (Å²) in [7, 11) is 0. The van der Waals surface area contributed by atoms with E-state index < -0.39 is 0 Å². The molecule has 0 aromatic heterocycles. The second-order valence-corrected chi connectivity index (χ2v) is 2.18. The van der Waals surface area contributed by atoms with Crippen LogP contribution < -0.4 is 11.3 Å². The summed E-state index contributed by atoms with van der Waals surface area (Å²) >= 11 is 5.55. The molecule has 1 rings (SSSR count). The number of anilines is 1. The fraction of sp³-hybridized carbons (Fsp3) is 0. The molecule has 0 aliphatic rings. The van der Waals surface area contributed by atoms with Gasteiger partial charge in [-0.1, -0.05) is 11.6 Å². The molecule has 3 N–H and O–H groups in total. The van der Waals surface area contributed by atoms with E-state index in [2.05, 4.69) is 5.43 Å². The SMILES string of the molecule is Cl.NNc1ccc(F)cc1Cl. The number of hydrogen-bond donors (Lipinski definition) is 2. The molecule has 0 radical (unpaired) electrons. The quantitative estimate of drug-likeness (QED) is 0.534. The maximum Gasteiger partial charge on any atom is 0.124 e. The Bertz CT molecular complexity index is 242. The first kappa shape index (κ1) is 10.5. The van der Waals surface area contributed by atoms with Gasteiger partial charge in [-0.15, -0.1) is 12.4 Å². The van der Waals surface area contributed by atoms with Gasteiger partial charge in [0.1, 0.15) is 5.82 Å². The molecule has 0 aliphatic heterocycles. The molecule has 1 aromatic carbocycles. The van der Waals surface area contributed by atoms with Crippen LogP contribution in [0, 0.1) is 5.82 Å². The molecule has 0 heterocycles. The van der Waals surface area contributed by atoms with Crippen molar-refractivity contribution >= 4 is 29.7 Å². The second kappa shape index (κ2) is 4.38. The standard InChI is InChI=1S/C6H6ClFN2.ClH/c7-5-3-4(8)1-2-6(5)10-9;/h1-3,10H,9H2;1H. The van der Waals surface area contributed by atoms with Gasteiger partial charge in [-0.2, -0.15) is 0 Å². The molecule has 0 unspecified atom stereocenters. The number of halogens is 3. The lowest BCUT2D eigenvalue weighted by Crippen LogP contribution is -2.06. The molecule has 62 valence electrons. The van der Waals surface area contributed by atoms with Crippen molar-refractivity contribution in [1.29, 1.82) is 0 Å². The highest BCUT2D eigenvalue weighted by Crippen LogP contribution is 2.20. The molecule has 0 fully saturated rings. The fourth-order valence-electron chi connectivity index (χ4n) is 0.607. The molecule has 1 aromatic rings. The molecule has 0 atom stereocenters. The monoisotopic (exact) mass is 196 g/mol. The van der Waals surface area contributed by atoms with Crippen molar-refractivity contribution in [1.82, 2.24) is 0 Å². The smallest absolute Gasteiger partial charge is 0.124 e. The molecule has 11 heavy (non-hydrogen) atoms. The van der Waals surface area contributed by atoms with E-state index in [9.17, 15) is 4.39 Å². The van der Waals surface area contributed by atoms with Crippen molar-refractivity contribution in [3.05, 3.63) is 29.0 Å². The Labute approximate surface area is 74.9 Å². The third-order valence-corrected chi connectivity index (χ3v) is 1.40. The second-order valence-electron chi connectivity index (χ2n) is 1.77. The third kappa shape index (κ3) is 2.54. The summed E-state index contributed by atoms with van der Waals surface area (Å²) in [6.07, 6.45) is 0. The molecular formula is C6H7Cl2FN2. The van der Waals surface area contributed by atoms with Gasteiger partial charge in [0.15, 0.2) is 0 Å². The molecule has 0 saturated carbocycles. The number of nitrogen functional groups attached to an aromatic ring is 1. The van der Waals surface area contributed by atoms with E-state index in [1.54, 1.807) is 0 Å². The van der Waals surface area contributed by atoms with E-state index in [1.165, 1.54) is 18.2 Å². The van der Waals surface area contributed by atoms with Crippen LogP contribution in [0.3, 0.4) is 0 Å². The molecule has 5 heteroatoms. The Morgan fingerprint density at radius 3 is 2.55 bits per heavy atom. The van der Waals surface area contributed by atoms with E-state index in [1.807, 2.05) is 0 Å². The molecule has 0 amide bonds. The van der Waals surface area contributed by atoms with Crippen LogP contribution in [-0.2, 0) is 0 Å². The van der Waals surface area contributed by atoms with Crippen molar-refractivity contribution < 1.29 is 4.39 Å². The zero-order valence-electron chi connectivity index (χ0n) is 5.47. The minimum Gasteiger partial charge on any atom is -0.323 e. The molecule has 0 bridgehead atoms. The number of benzene rings is 1. The lowest BCUT2D eigenvalue weighted by molar-refractivity contribution is 0.628. The predicted octanol–water partition coefficient (Wildman–Crippen LogP) is 2.19. The minimum atomic E-state index is -0.371. The minimum absolute atomic E-state index is 0. The summed E-state index contributed by atoms with van der Waals surface area (Å²) in [5.41, 5.74) is 2.84. The van der Waals surface area contributed by atoms with Gasteiger partial charge < -0.3 is 5.43 Å². The van der Waals surface area contributed by atoms with Gasteiger partial charge in [0.25, 0.3) is 0 Å². The van der Waals surface area contributed by atoms with E-state index in [0.29, 0.717) is 5.69 Å². The fourth-order valence-corrected chi connectivity index (χ4v) is 0.828. The third-order valence-electron chi connectivity index (χ3n) is 1.09. The van der Waals surface area contributed by atoms with Crippen molar-refractivity contribution in [2.75, 3.05) is 5.43 Å². The largest absolute Gasteiger partial charge is 0.323 e. The van der Waals surface area contributed by atoms with Crippen molar-refractivity contribution in [3.8, 4) is 0 Å². The topological polar surface area (TPSA) is 38.0 Å². The summed E-state index contributed by atoms with van der Waals surface area (Å²) in [5, 5.41) is 0.280. The Kier molecular flexibility index (Phi) is 4.18. The van der Waals surface area contributed by atoms with Gasteiger partial charge in [0.05, 0.1) is 10.7 Å². The first-order valence-electron chi connectivity index (χ1n) is 2.65. The molecular weight excluding hydrogens is 190 g/mol. The van der Waals surface area contributed by atoms with E-state index in [0.717, 1.165) is 0 Å². The van der Waals surface area contributed by atoms with Crippen molar-refractivity contribution in [3.63, 3.8) is 0 Å². The van der Waals surface area contributed by atoms with Gasteiger partial charge in [-0.3, -0.25) is 5.84 Å². The molecule has 0 spiro atoms. The number of nitrogens with two attached hydrogens (primary N) is 1. The number of hydrogen-bond acceptors (Lipinski definition) is 2. The summed E-state index contributed by atoms with van der Waals surface area (Å²) in [5.74, 6) is 4.67. The Morgan fingerprint density at radius 2 is 2.09 bits per heavy atom. The zero-order valence-corrected chi connectivity index (χ0v) is 7.05. The first-order valence-corrected chi connectivity index (χ1v) is 3.03. The zero-order chi connectivity index (χ0) is 7.56. The molecule has 2 nitrogen and oxygen atoms in total. The molecule has 0 aliphatic carbocycles. The van der Waals surface area contributed by atoms with Crippen LogP contribution in [-0.4, -0.2) is 0 Å². The van der Waals surface area contributed by atoms with E-state index in [-0.39, 0.29) is 23.2 Å². The summed E-state index contributed by atoms with van der Waals surface area (Å²) in [4.78, 5) is 0. The lowest BCUT2D eigenvalue weighted by atomic mass is 10.3. The Balaban J connectivity index is 0.000001000. The van der Waals surface area contributed by atoms with Crippen molar-refractivity contribution in [2.45, 2.75) is 0 Å². The van der Waals surface area contributed by atoms with Gasteiger partial charge in [-0.25, -0.2) is 4.39 Å². The Morgan fingerprint density at radius 1 is 1.45 bits per heavy atom. The summed E-state index contributed by atoms with van der Waals surface area (Å²) < 4.78 is 12.3. The predicted molar refractivity (Wildman–Crippen MR) is 46.5 cm³/mol. The highest BCUT2D eigenvalue weighted by Gasteiger charge is 1.97. The van der Waals surface area contributed by atoms with Crippen LogP contribution >= 0.6 is 24.0 Å². The van der Waals surface area contributed by atoms with Gasteiger partial charge in [0, 0.05) is 0 Å². The summed E-state index contributed by atoms with van der Waals surface area (Å²) in [6.45, 7) is 0. The molecule has 0 saturated heterocycles. The van der Waals surface area contributed by atoms with Gasteiger partial charge in [0.2, 0.25) is 0 Å². The highest BCUT2D eigenvalue weighted by atomic mass is 35.5. The van der Waals surface area contributed by atoms with Crippen LogP contribution in [0.1, 0.15) is 0 Å². The number of nitrogens with one attached hydrogen (secondary N) is 1. The number of hydrazine groups is 1. The van der Waals surface area contributed by atoms with E-state index in [4.69, 9.17) is 17.4 Å². The highest BCUT2D eigenvalue weighted by molar-refractivity contribution is 6.33. The van der Waals surface area contributed by atoms with Crippen LogP contribution in [0.5, 0.6) is 0 Å². The van der Waals surface area contributed by atoms with Gasteiger partial charge >= 0.3 is 0 Å². The maximum atomic E-state index is 12.3. The van der Waals surface area contributed by atoms with Crippen LogP contribution in [0.25, 0.3) is 0 Å². The van der Waals surface area contributed by atoms with E-state index >= 15 is 0 Å². The maximum absolute atomic E-state index is 12.3. The van der Waals surface area contributed by atoms with Crippen LogP contribution in [0.2, 0.25) is 5.02 Å². The average Bonchev–Trinajstić information content (AvgIpc) is 1.88. The first-order chi connectivity index (χ1) is 4.74. The van der Waals surface area contributed by atoms with Crippen LogP contribution in [0.15, 0.2) is 18.2 Å². The Hall–Kier alpha value is -0.510. The average molecular weight is 197 g/mol. The summed E-state index contributed by atoms with van der Waals surface area (Å²) in [6, 6.07) is 3.94. The van der Waals surface area contributed by atoms with Gasteiger partial charge in [-0.05, 0) is 18.2 Å². The van der Waals surface area contributed by atoms with Crippen molar-refractivity contribution in [2.24, 2.45) is 5.84 Å². The number of rotatable bonds is 1. The lowest BCUT2D eigenvalue weighted by Gasteiger charge is -2.00. The van der Waals surface area contributed by atoms with Crippen LogP contribution in [0.4, 0.5) is 10.1 Å².